The second-order valence-corrected chi connectivity index (χ2v) is 5.24. The molecule has 0 bridgehead atoms. The van der Waals surface area contributed by atoms with Crippen LogP contribution in [0.1, 0.15) is 26.1 Å². The predicted octanol–water partition coefficient (Wildman–Crippen LogP) is 3.97. The Morgan fingerprint density at radius 2 is 2.16 bits per heavy atom. The molecule has 1 aromatic carbocycles. The van der Waals surface area contributed by atoms with E-state index in [9.17, 15) is 4.39 Å². The molecule has 0 fully saturated rings. The van der Waals surface area contributed by atoms with E-state index in [1.165, 1.54) is 13.2 Å². The van der Waals surface area contributed by atoms with Crippen LogP contribution >= 0.6 is 11.6 Å². The van der Waals surface area contributed by atoms with Gasteiger partial charge in [0.15, 0.2) is 11.6 Å². The Labute approximate surface area is 117 Å². The summed E-state index contributed by atoms with van der Waals surface area (Å²) >= 11 is 5.92. The van der Waals surface area contributed by atoms with Gasteiger partial charge >= 0.3 is 0 Å². The van der Waals surface area contributed by atoms with Crippen molar-refractivity contribution in [2.75, 3.05) is 7.11 Å². The van der Waals surface area contributed by atoms with Crippen molar-refractivity contribution in [1.82, 2.24) is 9.55 Å². The normalized spacial score (nSPS) is 11.5. The average molecular weight is 285 g/mol. The van der Waals surface area contributed by atoms with Crippen LogP contribution in [0.4, 0.5) is 4.39 Å². The number of methoxy groups -OCH3 is 1. The molecular formula is C14H18ClFN2O. The van der Waals surface area contributed by atoms with Gasteiger partial charge in [0.2, 0.25) is 0 Å². The summed E-state index contributed by atoms with van der Waals surface area (Å²) in [5, 5.41) is 0. The number of halogens is 2. The lowest BCUT2D eigenvalue weighted by atomic mass is 10.1. The summed E-state index contributed by atoms with van der Waals surface area (Å²) in [5.74, 6) is 1.51. The summed E-state index contributed by atoms with van der Waals surface area (Å²) in [7, 11) is 1.46. The smallest absolute Gasteiger partial charge is 0.167 e. The Morgan fingerprint density at radius 3 is 2.74 bits per heavy atom. The molecule has 0 N–H and O–H groups in total. The average Bonchev–Trinajstić information content (AvgIpc) is 2.71. The van der Waals surface area contributed by atoms with Crippen LogP contribution in [0.3, 0.4) is 0 Å². The first-order valence-corrected chi connectivity index (χ1v) is 6.88. The van der Waals surface area contributed by atoms with E-state index in [1.807, 2.05) is 4.57 Å². The first-order chi connectivity index (χ1) is 9.06. The maximum atomic E-state index is 13.7. The van der Waals surface area contributed by atoms with Gasteiger partial charge in [-0.1, -0.05) is 13.8 Å². The third-order valence-electron chi connectivity index (χ3n) is 3.15. The van der Waals surface area contributed by atoms with E-state index in [0.717, 1.165) is 24.3 Å². The maximum absolute atomic E-state index is 13.7. The zero-order chi connectivity index (χ0) is 14.0. The minimum atomic E-state index is -0.398. The Balaban J connectivity index is 2.51. The van der Waals surface area contributed by atoms with Crippen LogP contribution in [0.5, 0.6) is 5.75 Å². The van der Waals surface area contributed by atoms with Crippen LogP contribution in [0, 0.1) is 11.7 Å². The fourth-order valence-corrected chi connectivity index (χ4v) is 2.28. The van der Waals surface area contributed by atoms with Gasteiger partial charge in [0.25, 0.3) is 0 Å². The summed E-state index contributed by atoms with van der Waals surface area (Å²) in [6.07, 6.45) is 1.02. The largest absolute Gasteiger partial charge is 0.494 e. The van der Waals surface area contributed by atoms with Crippen molar-refractivity contribution >= 4 is 22.6 Å². The topological polar surface area (TPSA) is 27.1 Å². The van der Waals surface area contributed by atoms with Gasteiger partial charge in [0.1, 0.15) is 5.82 Å². The Kier molecular flexibility index (Phi) is 4.30. The lowest BCUT2D eigenvalue weighted by Crippen LogP contribution is -2.05. The zero-order valence-electron chi connectivity index (χ0n) is 11.4. The molecule has 0 unspecified atom stereocenters. The summed E-state index contributed by atoms with van der Waals surface area (Å²) in [6.45, 7) is 5.16. The van der Waals surface area contributed by atoms with Crippen molar-refractivity contribution in [2.45, 2.75) is 32.7 Å². The number of aromatic nitrogens is 2. The number of fused-ring (bicyclic) bond motifs is 1. The van der Waals surface area contributed by atoms with Gasteiger partial charge in [-0.15, -0.1) is 11.6 Å². The van der Waals surface area contributed by atoms with E-state index in [2.05, 4.69) is 18.8 Å². The molecule has 2 aromatic rings. The molecule has 0 atom stereocenters. The van der Waals surface area contributed by atoms with Crippen molar-refractivity contribution in [3.63, 3.8) is 0 Å². The monoisotopic (exact) mass is 284 g/mol. The molecule has 0 spiro atoms. The first kappa shape index (κ1) is 14.1. The van der Waals surface area contributed by atoms with Gasteiger partial charge in [0.05, 0.1) is 24.0 Å². The van der Waals surface area contributed by atoms with Crippen LogP contribution in [0.25, 0.3) is 11.0 Å². The van der Waals surface area contributed by atoms with Crippen molar-refractivity contribution in [1.29, 1.82) is 0 Å². The highest BCUT2D eigenvalue weighted by Gasteiger charge is 2.14. The number of nitrogens with zero attached hydrogens (tertiary/aromatic N) is 2. The van der Waals surface area contributed by atoms with Gasteiger partial charge in [-0.25, -0.2) is 9.37 Å². The molecule has 0 saturated heterocycles. The van der Waals surface area contributed by atoms with Crippen molar-refractivity contribution in [3.05, 3.63) is 23.8 Å². The Morgan fingerprint density at radius 1 is 1.42 bits per heavy atom. The van der Waals surface area contributed by atoms with Gasteiger partial charge in [-0.3, -0.25) is 0 Å². The second-order valence-electron chi connectivity index (χ2n) is 4.97. The van der Waals surface area contributed by atoms with E-state index < -0.39 is 5.82 Å². The molecule has 1 aromatic heterocycles. The summed E-state index contributed by atoms with van der Waals surface area (Å²) in [4.78, 5) is 4.38. The molecule has 3 nitrogen and oxygen atoms in total. The molecule has 5 heteroatoms. The van der Waals surface area contributed by atoms with Crippen molar-refractivity contribution < 1.29 is 9.13 Å². The lowest BCUT2D eigenvalue weighted by molar-refractivity contribution is 0.387. The van der Waals surface area contributed by atoms with Crippen LogP contribution in [-0.4, -0.2) is 16.7 Å². The summed E-state index contributed by atoms with van der Waals surface area (Å²) in [5.41, 5.74) is 1.49. The predicted molar refractivity (Wildman–Crippen MR) is 75.3 cm³/mol. The summed E-state index contributed by atoms with van der Waals surface area (Å²) < 4.78 is 20.7. The molecular weight excluding hydrogens is 267 g/mol. The highest BCUT2D eigenvalue weighted by atomic mass is 35.5. The lowest BCUT2D eigenvalue weighted by Gasteiger charge is -2.10. The minimum Gasteiger partial charge on any atom is -0.494 e. The number of alkyl halides is 1. The molecule has 104 valence electrons. The minimum absolute atomic E-state index is 0.235. The number of rotatable bonds is 5. The van der Waals surface area contributed by atoms with Gasteiger partial charge in [-0.2, -0.15) is 0 Å². The van der Waals surface area contributed by atoms with Gasteiger partial charge in [0, 0.05) is 18.7 Å². The van der Waals surface area contributed by atoms with Crippen molar-refractivity contribution in [2.24, 2.45) is 5.92 Å². The number of hydrogen-bond donors (Lipinski definition) is 0. The maximum Gasteiger partial charge on any atom is 0.167 e. The molecule has 1 heterocycles. The third-order valence-corrected chi connectivity index (χ3v) is 3.39. The number of ether oxygens (including phenoxy) is 1. The highest BCUT2D eigenvalue weighted by molar-refractivity contribution is 6.16. The Bertz CT molecular complexity index is 580. The zero-order valence-corrected chi connectivity index (χ0v) is 12.2. The third kappa shape index (κ3) is 2.84. The Hall–Kier alpha value is -1.29. The highest BCUT2D eigenvalue weighted by Crippen LogP contribution is 2.26. The number of aryl methyl sites for hydroxylation is 1. The number of imidazole rings is 1. The molecule has 0 aliphatic carbocycles. The van der Waals surface area contributed by atoms with E-state index in [0.29, 0.717) is 17.3 Å². The molecule has 0 radical (unpaired) electrons. The van der Waals surface area contributed by atoms with Gasteiger partial charge < -0.3 is 9.30 Å². The van der Waals surface area contributed by atoms with Crippen LogP contribution in [0.2, 0.25) is 0 Å². The molecule has 0 aliphatic rings. The van der Waals surface area contributed by atoms with E-state index in [-0.39, 0.29) is 5.75 Å². The van der Waals surface area contributed by atoms with Crippen molar-refractivity contribution in [3.8, 4) is 5.75 Å². The van der Waals surface area contributed by atoms with E-state index >= 15 is 0 Å². The molecule has 0 saturated carbocycles. The first-order valence-electron chi connectivity index (χ1n) is 6.35. The molecule has 0 amide bonds. The van der Waals surface area contributed by atoms with Crippen LogP contribution < -0.4 is 4.74 Å². The van der Waals surface area contributed by atoms with Crippen LogP contribution in [-0.2, 0) is 12.4 Å². The van der Waals surface area contributed by atoms with E-state index in [1.54, 1.807) is 6.07 Å². The summed E-state index contributed by atoms with van der Waals surface area (Å²) in [6, 6.07) is 3.09. The van der Waals surface area contributed by atoms with Gasteiger partial charge in [-0.05, 0) is 12.3 Å². The fraction of sp³-hybridized carbons (Fsp3) is 0.500. The molecule has 19 heavy (non-hydrogen) atoms. The second kappa shape index (κ2) is 5.78. The molecule has 2 rings (SSSR count). The van der Waals surface area contributed by atoms with E-state index in [4.69, 9.17) is 16.3 Å². The SMILES string of the molecule is COc1cc2c(cc1F)nc(CCl)n2CCC(C)C. The fourth-order valence-electron chi connectivity index (χ4n) is 2.07. The molecule has 0 aliphatic heterocycles. The number of hydrogen-bond acceptors (Lipinski definition) is 2. The number of benzene rings is 1. The standard InChI is InChI=1S/C14H18ClFN2O/c1-9(2)4-5-18-12-7-13(19-3)10(16)6-11(12)17-14(18)8-15/h6-7,9H,4-5,8H2,1-3H3. The van der Waals surface area contributed by atoms with Crippen LogP contribution in [0.15, 0.2) is 12.1 Å². The quantitative estimate of drug-likeness (QED) is 0.777.